The van der Waals surface area contributed by atoms with Crippen molar-refractivity contribution in [3.8, 4) is 0 Å². The van der Waals surface area contributed by atoms with Crippen molar-refractivity contribution in [1.29, 1.82) is 0 Å². The number of ether oxygens (including phenoxy) is 1. The number of carbonyl (C=O) groups excluding carboxylic acids is 1. The van der Waals surface area contributed by atoms with Gasteiger partial charge >= 0.3 is 0 Å². The van der Waals surface area contributed by atoms with E-state index in [0.717, 1.165) is 6.54 Å². The number of nitrogens with one attached hydrogen (secondary N) is 1. The lowest BCUT2D eigenvalue weighted by Crippen LogP contribution is -2.35. The molecule has 0 saturated carbocycles. The summed E-state index contributed by atoms with van der Waals surface area (Å²) in [5, 5.41) is 6.70. The van der Waals surface area contributed by atoms with Crippen LogP contribution in [0.1, 0.15) is 6.92 Å². The minimum Gasteiger partial charge on any atom is -0.370 e. The fraction of sp³-hybridized carbons (Fsp3) is 0.556. The molecule has 0 fully saturated rings. The molecule has 0 spiro atoms. The maximum atomic E-state index is 11.5. The van der Waals surface area contributed by atoms with Gasteiger partial charge in [-0.1, -0.05) is 0 Å². The number of nitrogens with two attached hydrogens (primary N) is 1. The molecule has 0 aliphatic rings. The Bertz CT molecular complexity index is 325. The van der Waals surface area contributed by atoms with Crippen LogP contribution in [-0.4, -0.2) is 35.4 Å². The summed E-state index contributed by atoms with van der Waals surface area (Å²) in [5.74, 6) is -0.254. The molecule has 1 aromatic heterocycles. The number of hydrogen-bond acceptors (Lipinski definition) is 4. The first-order valence-corrected chi connectivity index (χ1v) is 4.77. The molecule has 0 saturated heterocycles. The van der Waals surface area contributed by atoms with E-state index in [1.807, 2.05) is 6.92 Å². The van der Waals surface area contributed by atoms with E-state index in [4.69, 9.17) is 10.5 Å². The Morgan fingerprint density at radius 3 is 2.88 bits per heavy atom. The molecule has 0 aliphatic carbocycles. The van der Waals surface area contributed by atoms with Crippen LogP contribution in [0.15, 0.2) is 12.4 Å². The van der Waals surface area contributed by atoms with Crippen molar-refractivity contribution in [2.75, 3.05) is 19.0 Å². The molecular weight excluding hydrogens is 232 g/mol. The molecule has 0 aliphatic heterocycles. The lowest BCUT2D eigenvalue weighted by atomic mass is 10.3. The summed E-state index contributed by atoms with van der Waals surface area (Å²) < 4.78 is 6.62. The van der Waals surface area contributed by atoms with E-state index in [1.165, 1.54) is 7.11 Å². The summed E-state index contributed by atoms with van der Waals surface area (Å²) in [6.45, 7) is 2.89. The van der Waals surface area contributed by atoms with E-state index in [1.54, 1.807) is 17.1 Å². The van der Waals surface area contributed by atoms with E-state index >= 15 is 0 Å². The molecule has 1 heterocycles. The third-order valence-electron chi connectivity index (χ3n) is 2.02. The third kappa shape index (κ3) is 3.80. The SMILES string of the molecule is CCn1cc(NC(=O)C(CN)OC)cn1.Cl. The number of halogens is 1. The summed E-state index contributed by atoms with van der Waals surface area (Å²) in [7, 11) is 1.45. The molecule has 92 valence electrons. The second-order valence-electron chi connectivity index (χ2n) is 3.03. The van der Waals surface area contributed by atoms with Crippen molar-refractivity contribution in [2.45, 2.75) is 19.6 Å². The third-order valence-corrected chi connectivity index (χ3v) is 2.02. The number of hydrogen-bond donors (Lipinski definition) is 2. The Kier molecular flexibility index (Phi) is 6.71. The lowest BCUT2D eigenvalue weighted by Gasteiger charge is -2.11. The van der Waals surface area contributed by atoms with Gasteiger partial charge in [-0.3, -0.25) is 9.48 Å². The molecule has 1 atom stereocenters. The van der Waals surface area contributed by atoms with Crippen molar-refractivity contribution in [2.24, 2.45) is 5.73 Å². The standard InChI is InChI=1S/C9H16N4O2.ClH/c1-3-13-6-7(5-11-13)12-9(14)8(4-10)15-2;/h5-6,8H,3-4,10H2,1-2H3,(H,12,14);1H. The molecule has 16 heavy (non-hydrogen) atoms. The van der Waals surface area contributed by atoms with E-state index in [2.05, 4.69) is 10.4 Å². The van der Waals surface area contributed by atoms with Gasteiger partial charge in [0, 0.05) is 26.4 Å². The smallest absolute Gasteiger partial charge is 0.254 e. The number of methoxy groups -OCH3 is 1. The first-order valence-electron chi connectivity index (χ1n) is 4.77. The monoisotopic (exact) mass is 248 g/mol. The zero-order valence-electron chi connectivity index (χ0n) is 9.34. The lowest BCUT2D eigenvalue weighted by molar-refractivity contribution is -0.125. The van der Waals surface area contributed by atoms with Crippen molar-refractivity contribution in [1.82, 2.24) is 9.78 Å². The Morgan fingerprint density at radius 1 is 1.75 bits per heavy atom. The first-order chi connectivity index (χ1) is 7.21. The highest BCUT2D eigenvalue weighted by molar-refractivity contribution is 5.94. The Morgan fingerprint density at radius 2 is 2.44 bits per heavy atom. The molecule has 1 amide bonds. The maximum absolute atomic E-state index is 11.5. The Labute approximate surface area is 101 Å². The van der Waals surface area contributed by atoms with Crippen molar-refractivity contribution >= 4 is 24.0 Å². The zero-order valence-corrected chi connectivity index (χ0v) is 10.2. The molecule has 0 radical (unpaired) electrons. The van der Waals surface area contributed by atoms with Gasteiger partial charge in [-0.2, -0.15) is 5.10 Å². The molecule has 1 aromatic rings. The van der Waals surface area contributed by atoms with E-state index in [9.17, 15) is 4.79 Å². The van der Waals surface area contributed by atoms with Crippen LogP contribution < -0.4 is 11.1 Å². The molecule has 7 heteroatoms. The highest BCUT2D eigenvalue weighted by Crippen LogP contribution is 2.05. The zero-order chi connectivity index (χ0) is 11.3. The molecule has 0 aromatic carbocycles. The van der Waals surface area contributed by atoms with E-state index in [-0.39, 0.29) is 24.9 Å². The fourth-order valence-corrected chi connectivity index (χ4v) is 1.13. The average molecular weight is 249 g/mol. The van der Waals surface area contributed by atoms with Gasteiger partial charge in [-0.25, -0.2) is 0 Å². The van der Waals surface area contributed by atoms with Gasteiger partial charge < -0.3 is 15.8 Å². The van der Waals surface area contributed by atoms with Crippen LogP contribution in [-0.2, 0) is 16.1 Å². The van der Waals surface area contributed by atoms with E-state index in [0.29, 0.717) is 5.69 Å². The number of aromatic nitrogens is 2. The second-order valence-corrected chi connectivity index (χ2v) is 3.03. The number of nitrogens with zero attached hydrogens (tertiary/aromatic N) is 2. The van der Waals surface area contributed by atoms with Crippen LogP contribution in [0.4, 0.5) is 5.69 Å². The quantitative estimate of drug-likeness (QED) is 0.782. The maximum Gasteiger partial charge on any atom is 0.254 e. The Balaban J connectivity index is 0.00000225. The minimum absolute atomic E-state index is 0. The second kappa shape index (κ2) is 7.21. The molecule has 6 nitrogen and oxygen atoms in total. The largest absolute Gasteiger partial charge is 0.370 e. The van der Waals surface area contributed by atoms with Gasteiger partial charge in [-0.05, 0) is 6.92 Å². The van der Waals surface area contributed by atoms with Crippen LogP contribution in [0.3, 0.4) is 0 Å². The molecule has 3 N–H and O–H groups in total. The Hall–Kier alpha value is -1.11. The summed E-state index contributed by atoms with van der Waals surface area (Å²) >= 11 is 0. The van der Waals surface area contributed by atoms with Gasteiger partial charge in [-0.15, -0.1) is 12.4 Å². The van der Waals surface area contributed by atoms with Gasteiger partial charge in [0.05, 0.1) is 11.9 Å². The van der Waals surface area contributed by atoms with Crippen LogP contribution in [0, 0.1) is 0 Å². The molecule has 1 unspecified atom stereocenters. The van der Waals surface area contributed by atoms with E-state index < -0.39 is 6.10 Å². The van der Waals surface area contributed by atoms with Crippen LogP contribution in [0.2, 0.25) is 0 Å². The number of carbonyl (C=O) groups is 1. The number of anilines is 1. The van der Waals surface area contributed by atoms with Crippen molar-refractivity contribution < 1.29 is 9.53 Å². The molecular formula is C9H17ClN4O2. The first kappa shape index (κ1) is 14.9. The van der Waals surface area contributed by atoms with Gasteiger partial charge in [0.2, 0.25) is 0 Å². The summed E-state index contributed by atoms with van der Waals surface area (Å²) in [6, 6.07) is 0. The van der Waals surface area contributed by atoms with Crippen molar-refractivity contribution in [3.05, 3.63) is 12.4 Å². The van der Waals surface area contributed by atoms with Crippen LogP contribution in [0.5, 0.6) is 0 Å². The summed E-state index contributed by atoms with van der Waals surface area (Å²) in [4.78, 5) is 11.5. The highest BCUT2D eigenvalue weighted by Gasteiger charge is 2.15. The molecule has 0 bridgehead atoms. The summed E-state index contributed by atoms with van der Waals surface area (Å²) in [5.41, 5.74) is 6.01. The average Bonchev–Trinajstić information content (AvgIpc) is 2.67. The van der Waals surface area contributed by atoms with Crippen LogP contribution in [0.25, 0.3) is 0 Å². The fourth-order valence-electron chi connectivity index (χ4n) is 1.13. The highest BCUT2D eigenvalue weighted by atomic mass is 35.5. The molecule has 1 rings (SSSR count). The normalized spacial score (nSPS) is 11.7. The topological polar surface area (TPSA) is 82.2 Å². The van der Waals surface area contributed by atoms with Crippen molar-refractivity contribution in [3.63, 3.8) is 0 Å². The number of rotatable bonds is 5. The number of aryl methyl sites for hydroxylation is 1. The summed E-state index contributed by atoms with van der Waals surface area (Å²) in [6.07, 6.45) is 2.72. The van der Waals surface area contributed by atoms with Gasteiger partial charge in [0.1, 0.15) is 6.10 Å². The predicted octanol–water partition coefficient (Wildman–Crippen LogP) is 0.237. The predicted molar refractivity (Wildman–Crippen MR) is 63.6 cm³/mol. The van der Waals surface area contributed by atoms with Gasteiger partial charge in [0.15, 0.2) is 0 Å². The van der Waals surface area contributed by atoms with Gasteiger partial charge in [0.25, 0.3) is 5.91 Å². The number of amides is 1. The van der Waals surface area contributed by atoms with Crippen LogP contribution >= 0.6 is 12.4 Å². The minimum atomic E-state index is -0.616.